The summed E-state index contributed by atoms with van der Waals surface area (Å²) in [5.74, 6) is 0.468. The number of rotatable bonds is 6. The highest BCUT2D eigenvalue weighted by molar-refractivity contribution is 7.92. The second-order valence-corrected chi connectivity index (χ2v) is 6.36. The molecule has 1 N–H and O–H groups in total. The number of para-hydroxylation sites is 2. The first kappa shape index (κ1) is 15.7. The zero-order valence-corrected chi connectivity index (χ0v) is 13.3. The summed E-state index contributed by atoms with van der Waals surface area (Å²) in [7, 11) is -2.25. The van der Waals surface area contributed by atoms with Crippen molar-refractivity contribution in [1.29, 1.82) is 0 Å². The maximum absolute atomic E-state index is 12.3. The van der Waals surface area contributed by atoms with Crippen LogP contribution in [0.1, 0.15) is 13.3 Å². The number of hydrogen-bond acceptors (Lipinski definition) is 4. The average molecular weight is 330 g/mol. The third-order valence-electron chi connectivity index (χ3n) is 2.68. The van der Waals surface area contributed by atoms with E-state index in [0.717, 1.165) is 6.42 Å². The molecule has 0 aliphatic carbocycles. The van der Waals surface area contributed by atoms with Gasteiger partial charge >= 0.3 is 0 Å². The molecule has 0 amide bonds. The third-order valence-corrected chi connectivity index (χ3v) is 4.54. The van der Waals surface area contributed by atoms with Crippen molar-refractivity contribution in [2.24, 2.45) is 7.05 Å². The molecule has 0 radical (unpaired) electrons. The lowest BCUT2D eigenvalue weighted by Crippen LogP contribution is -2.15. The Balaban J connectivity index is 2.31. The van der Waals surface area contributed by atoms with E-state index in [1.165, 1.54) is 10.9 Å². The maximum atomic E-state index is 12.3. The smallest absolute Gasteiger partial charge is 0.282 e. The molecule has 0 fully saturated rings. The molecule has 0 atom stereocenters. The van der Waals surface area contributed by atoms with Crippen LogP contribution in [0.15, 0.2) is 35.6 Å². The predicted octanol–water partition coefficient (Wildman–Crippen LogP) is 2.66. The molecule has 1 heterocycles. The van der Waals surface area contributed by atoms with Crippen molar-refractivity contribution in [2.75, 3.05) is 11.3 Å². The van der Waals surface area contributed by atoms with E-state index in [0.29, 0.717) is 18.0 Å². The average Bonchev–Trinajstić information content (AvgIpc) is 2.78. The van der Waals surface area contributed by atoms with Gasteiger partial charge in [-0.15, -0.1) is 0 Å². The van der Waals surface area contributed by atoms with Crippen LogP contribution < -0.4 is 9.46 Å². The molecule has 0 spiro atoms. The van der Waals surface area contributed by atoms with Crippen LogP contribution in [0.2, 0.25) is 5.15 Å². The standard InChI is InChI=1S/C13H16ClN3O3S/c1-3-8-20-11-7-5-4-6-10(11)16-21(18,19)13-12(14)17(2)9-15-13/h4-7,9,16H,3,8H2,1-2H3. The van der Waals surface area contributed by atoms with Crippen LogP contribution in [0, 0.1) is 0 Å². The number of ether oxygens (including phenoxy) is 1. The van der Waals surface area contributed by atoms with Crippen molar-refractivity contribution in [1.82, 2.24) is 9.55 Å². The molecule has 0 aliphatic heterocycles. The summed E-state index contributed by atoms with van der Waals surface area (Å²) in [6, 6.07) is 6.82. The normalized spacial score (nSPS) is 11.4. The Morgan fingerprint density at radius 1 is 1.38 bits per heavy atom. The molecule has 114 valence electrons. The number of sulfonamides is 1. The minimum atomic E-state index is -3.86. The molecular weight excluding hydrogens is 314 g/mol. The molecule has 6 nitrogen and oxygen atoms in total. The lowest BCUT2D eigenvalue weighted by molar-refractivity contribution is 0.319. The number of aromatic nitrogens is 2. The second-order valence-electron chi connectivity index (χ2n) is 4.40. The first-order valence-corrected chi connectivity index (χ1v) is 8.23. The second kappa shape index (κ2) is 6.36. The molecular formula is C13H16ClN3O3S. The summed E-state index contributed by atoms with van der Waals surface area (Å²) < 4.78 is 34.1. The Bertz CT molecular complexity index is 728. The van der Waals surface area contributed by atoms with Gasteiger partial charge in [0.2, 0.25) is 5.03 Å². The minimum Gasteiger partial charge on any atom is -0.491 e. The highest BCUT2D eigenvalue weighted by Gasteiger charge is 2.23. The summed E-state index contributed by atoms with van der Waals surface area (Å²) >= 11 is 5.93. The van der Waals surface area contributed by atoms with Crippen LogP contribution in [-0.4, -0.2) is 24.6 Å². The lowest BCUT2D eigenvalue weighted by Gasteiger charge is -2.12. The molecule has 0 aliphatic rings. The third kappa shape index (κ3) is 3.48. The van der Waals surface area contributed by atoms with Gasteiger partial charge in [-0.25, -0.2) is 4.98 Å². The Hall–Kier alpha value is -1.73. The van der Waals surface area contributed by atoms with Crippen molar-refractivity contribution in [3.8, 4) is 5.75 Å². The van der Waals surface area contributed by atoms with Gasteiger partial charge in [-0.3, -0.25) is 4.72 Å². The summed E-state index contributed by atoms with van der Waals surface area (Å²) in [5, 5.41) is -0.161. The molecule has 0 saturated carbocycles. The molecule has 0 saturated heterocycles. The van der Waals surface area contributed by atoms with Crippen molar-refractivity contribution in [2.45, 2.75) is 18.4 Å². The Morgan fingerprint density at radius 2 is 2.10 bits per heavy atom. The fourth-order valence-electron chi connectivity index (χ4n) is 1.66. The summed E-state index contributed by atoms with van der Waals surface area (Å²) in [6.45, 7) is 2.48. The van der Waals surface area contributed by atoms with Crippen LogP contribution in [-0.2, 0) is 17.1 Å². The first-order valence-electron chi connectivity index (χ1n) is 6.37. The fraction of sp³-hybridized carbons (Fsp3) is 0.308. The Kier molecular flexibility index (Phi) is 4.74. The molecule has 1 aromatic heterocycles. The van der Waals surface area contributed by atoms with Crippen molar-refractivity contribution >= 4 is 27.3 Å². The van der Waals surface area contributed by atoms with Crippen LogP contribution in [0.4, 0.5) is 5.69 Å². The summed E-state index contributed by atoms with van der Waals surface area (Å²) in [4.78, 5) is 3.81. The molecule has 0 unspecified atom stereocenters. The van der Waals surface area contributed by atoms with Crippen LogP contribution in [0.25, 0.3) is 0 Å². The predicted molar refractivity (Wildman–Crippen MR) is 81.3 cm³/mol. The van der Waals surface area contributed by atoms with Gasteiger partial charge in [0.15, 0.2) is 0 Å². The Labute approximate surface area is 128 Å². The van der Waals surface area contributed by atoms with Crippen LogP contribution >= 0.6 is 11.6 Å². The van der Waals surface area contributed by atoms with Gasteiger partial charge in [-0.2, -0.15) is 8.42 Å². The van der Waals surface area contributed by atoms with E-state index in [1.807, 2.05) is 6.92 Å². The van der Waals surface area contributed by atoms with E-state index < -0.39 is 10.0 Å². The fourth-order valence-corrected chi connectivity index (χ4v) is 3.16. The largest absolute Gasteiger partial charge is 0.491 e. The van der Waals surface area contributed by atoms with E-state index in [9.17, 15) is 8.42 Å². The van der Waals surface area contributed by atoms with E-state index in [1.54, 1.807) is 31.3 Å². The topological polar surface area (TPSA) is 73.2 Å². The van der Waals surface area contributed by atoms with Crippen molar-refractivity contribution in [3.63, 3.8) is 0 Å². The number of imidazole rings is 1. The molecule has 2 aromatic rings. The zero-order chi connectivity index (χ0) is 15.5. The van der Waals surface area contributed by atoms with Gasteiger partial charge in [0.1, 0.15) is 10.9 Å². The van der Waals surface area contributed by atoms with E-state index in [-0.39, 0.29) is 10.2 Å². The number of halogens is 1. The van der Waals surface area contributed by atoms with Crippen LogP contribution in [0.3, 0.4) is 0 Å². The van der Waals surface area contributed by atoms with E-state index in [2.05, 4.69) is 9.71 Å². The minimum absolute atomic E-state index is 0.0504. The Morgan fingerprint density at radius 3 is 2.71 bits per heavy atom. The quantitative estimate of drug-likeness (QED) is 0.884. The number of nitrogens with zero attached hydrogens (tertiary/aromatic N) is 2. The highest BCUT2D eigenvalue weighted by Crippen LogP contribution is 2.28. The number of anilines is 1. The molecule has 2 rings (SSSR count). The van der Waals surface area contributed by atoms with Gasteiger partial charge in [0.25, 0.3) is 10.0 Å². The number of aryl methyl sites for hydroxylation is 1. The molecule has 21 heavy (non-hydrogen) atoms. The maximum Gasteiger partial charge on any atom is 0.282 e. The van der Waals surface area contributed by atoms with Gasteiger partial charge in [-0.1, -0.05) is 30.7 Å². The molecule has 1 aromatic carbocycles. The zero-order valence-electron chi connectivity index (χ0n) is 11.7. The molecule has 0 bridgehead atoms. The summed E-state index contributed by atoms with van der Waals surface area (Å²) in [5.41, 5.74) is 0.354. The highest BCUT2D eigenvalue weighted by atomic mass is 35.5. The van der Waals surface area contributed by atoms with Gasteiger partial charge in [0.05, 0.1) is 18.6 Å². The summed E-state index contributed by atoms with van der Waals surface area (Å²) in [6.07, 6.45) is 2.17. The molecule has 8 heteroatoms. The van der Waals surface area contributed by atoms with Crippen LogP contribution in [0.5, 0.6) is 5.75 Å². The van der Waals surface area contributed by atoms with E-state index in [4.69, 9.17) is 16.3 Å². The lowest BCUT2D eigenvalue weighted by atomic mass is 10.3. The van der Waals surface area contributed by atoms with Gasteiger partial charge in [-0.05, 0) is 18.6 Å². The monoisotopic (exact) mass is 329 g/mol. The number of benzene rings is 1. The van der Waals surface area contributed by atoms with Gasteiger partial charge in [0, 0.05) is 7.05 Å². The SMILES string of the molecule is CCCOc1ccccc1NS(=O)(=O)c1ncn(C)c1Cl. The van der Waals surface area contributed by atoms with Crippen molar-refractivity contribution in [3.05, 3.63) is 35.7 Å². The van der Waals surface area contributed by atoms with Gasteiger partial charge < -0.3 is 9.30 Å². The van der Waals surface area contributed by atoms with Crippen molar-refractivity contribution < 1.29 is 13.2 Å². The number of hydrogen-bond donors (Lipinski definition) is 1. The first-order chi connectivity index (χ1) is 9.95. The number of nitrogens with one attached hydrogen (secondary N) is 1. The van der Waals surface area contributed by atoms with E-state index >= 15 is 0 Å².